The molecule has 0 saturated heterocycles. The molecule has 0 aromatic rings. The molecule has 0 heterocycles. The van der Waals surface area contributed by atoms with Gasteiger partial charge in [-0.2, -0.15) is 0 Å². The Balaban J connectivity index is 1.99. The quantitative estimate of drug-likeness (QED) is 0.697. The highest BCUT2D eigenvalue weighted by molar-refractivity contribution is 6.01. The molecule has 2 aliphatic carbocycles. The molecule has 1 amide bonds. The Kier molecular flexibility index (Phi) is 2.91. The van der Waals surface area contributed by atoms with Crippen LogP contribution in [0.15, 0.2) is 0 Å². The van der Waals surface area contributed by atoms with Crippen molar-refractivity contribution in [3.63, 3.8) is 0 Å². The lowest BCUT2D eigenvalue weighted by Gasteiger charge is -2.33. The highest BCUT2D eigenvalue weighted by atomic mass is 16.4. The summed E-state index contributed by atoms with van der Waals surface area (Å²) >= 11 is 0. The minimum atomic E-state index is -1.23. The van der Waals surface area contributed by atoms with Crippen LogP contribution in [-0.2, 0) is 9.59 Å². The molecule has 2 aliphatic rings. The number of carboxylic acid groups (broad SMARTS) is 1. The molecule has 1 atom stereocenters. The molecule has 4 nitrogen and oxygen atoms in total. The van der Waals surface area contributed by atoms with Gasteiger partial charge in [-0.3, -0.25) is 9.59 Å². The number of aliphatic carboxylic acids is 1. The molecule has 0 spiro atoms. The van der Waals surface area contributed by atoms with Crippen molar-refractivity contribution in [2.24, 2.45) is 11.3 Å². The molecule has 0 bridgehead atoms. The normalized spacial score (nSPS) is 24.3. The maximum atomic E-state index is 11.9. The van der Waals surface area contributed by atoms with E-state index >= 15 is 0 Å². The summed E-state index contributed by atoms with van der Waals surface area (Å²) in [4.78, 5) is 23.2. The van der Waals surface area contributed by atoms with Crippen molar-refractivity contribution in [3.05, 3.63) is 0 Å². The smallest absolute Gasteiger partial charge is 0.318 e. The van der Waals surface area contributed by atoms with Crippen molar-refractivity contribution in [1.82, 2.24) is 5.32 Å². The van der Waals surface area contributed by atoms with Crippen LogP contribution in [0.3, 0.4) is 0 Å². The first-order chi connectivity index (χ1) is 7.52. The molecule has 0 aliphatic heterocycles. The van der Waals surface area contributed by atoms with E-state index in [1.54, 1.807) is 6.92 Å². The van der Waals surface area contributed by atoms with E-state index in [0.29, 0.717) is 12.3 Å². The van der Waals surface area contributed by atoms with E-state index in [1.165, 1.54) is 6.42 Å². The Labute approximate surface area is 95.4 Å². The number of rotatable bonds is 5. The van der Waals surface area contributed by atoms with Crippen molar-refractivity contribution in [2.75, 3.05) is 0 Å². The third-order valence-electron chi connectivity index (χ3n) is 3.81. The molecular weight excluding hydrogens is 206 g/mol. The van der Waals surface area contributed by atoms with E-state index < -0.39 is 11.4 Å². The first-order valence-electron chi connectivity index (χ1n) is 6.07. The Morgan fingerprint density at radius 3 is 2.31 bits per heavy atom. The Morgan fingerprint density at radius 2 is 1.94 bits per heavy atom. The van der Waals surface area contributed by atoms with Gasteiger partial charge in [-0.1, -0.05) is 19.3 Å². The minimum Gasteiger partial charge on any atom is -0.480 e. The van der Waals surface area contributed by atoms with Crippen molar-refractivity contribution >= 4 is 11.9 Å². The molecule has 2 saturated carbocycles. The van der Waals surface area contributed by atoms with Gasteiger partial charge in [0, 0.05) is 6.04 Å². The zero-order valence-electron chi connectivity index (χ0n) is 9.66. The average Bonchev–Trinajstić information content (AvgIpc) is 2.94. The fourth-order valence-corrected chi connectivity index (χ4v) is 2.12. The monoisotopic (exact) mass is 225 g/mol. The van der Waals surface area contributed by atoms with E-state index in [0.717, 1.165) is 25.7 Å². The molecule has 16 heavy (non-hydrogen) atoms. The summed E-state index contributed by atoms with van der Waals surface area (Å²) in [5, 5.41) is 12.1. The average molecular weight is 225 g/mol. The fourth-order valence-electron chi connectivity index (χ4n) is 2.12. The van der Waals surface area contributed by atoms with Crippen LogP contribution >= 0.6 is 0 Å². The molecule has 2 fully saturated rings. The number of nitrogens with one attached hydrogen (secondary N) is 1. The molecular formula is C12H19NO3. The first-order valence-corrected chi connectivity index (χ1v) is 6.07. The second-order valence-corrected chi connectivity index (χ2v) is 5.39. The van der Waals surface area contributed by atoms with Crippen molar-refractivity contribution in [2.45, 2.75) is 51.5 Å². The van der Waals surface area contributed by atoms with Gasteiger partial charge in [0.15, 0.2) is 0 Å². The summed E-state index contributed by atoms with van der Waals surface area (Å²) in [6.45, 7) is 1.56. The second-order valence-electron chi connectivity index (χ2n) is 5.39. The number of carbonyl (C=O) groups excluding carboxylic acids is 1. The van der Waals surface area contributed by atoms with Gasteiger partial charge in [0.05, 0.1) is 0 Å². The summed E-state index contributed by atoms with van der Waals surface area (Å²) in [5.41, 5.74) is -1.23. The molecule has 2 N–H and O–H groups in total. The van der Waals surface area contributed by atoms with E-state index in [1.807, 2.05) is 0 Å². The first kappa shape index (κ1) is 11.4. The summed E-state index contributed by atoms with van der Waals surface area (Å²) in [5.74, 6) is -0.863. The predicted octanol–water partition coefficient (Wildman–Crippen LogP) is 1.55. The summed E-state index contributed by atoms with van der Waals surface area (Å²) in [7, 11) is 0. The third kappa shape index (κ3) is 2.20. The number of carbonyl (C=O) groups is 2. The lowest BCUT2D eigenvalue weighted by atomic mass is 9.72. The van der Waals surface area contributed by atoms with E-state index in [4.69, 9.17) is 0 Å². The summed E-state index contributed by atoms with van der Waals surface area (Å²) in [6.07, 6.45) is 5.78. The van der Waals surface area contributed by atoms with Crippen molar-refractivity contribution in [1.29, 1.82) is 0 Å². The molecule has 90 valence electrons. The minimum absolute atomic E-state index is 0.229. The zero-order valence-corrected chi connectivity index (χ0v) is 9.66. The van der Waals surface area contributed by atoms with Gasteiger partial charge in [0.2, 0.25) is 5.91 Å². The molecule has 0 aromatic heterocycles. The lowest BCUT2D eigenvalue weighted by Crippen LogP contribution is -2.47. The summed E-state index contributed by atoms with van der Waals surface area (Å²) < 4.78 is 0. The highest BCUT2D eigenvalue weighted by Crippen LogP contribution is 2.38. The molecule has 4 heteroatoms. The van der Waals surface area contributed by atoms with E-state index in [2.05, 4.69) is 5.32 Å². The Morgan fingerprint density at radius 1 is 1.31 bits per heavy atom. The number of hydrogen-bond donors (Lipinski definition) is 2. The van der Waals surface area contributed by atoms with Crippen LogP contribution in [0.1, 0.15) is 45.4 Å². The number of hydrogen-bond acceptors (Lipinski definition) is 2. The van der Waals surface area contributed by atoms with Crippen molar-refractivity contribution < 1.29 is 14.7 Å². The van der Waals surface area contributed by atoms with Gasteiger partial charge in [-0.05, 0) is 32.1 Å². The molecule has 0 aromatic carbocycles. The zero-order chi connectivity index (χ0) is 11.8. The Bertz CT molecular complexity index is 307. The van der Waals surface area contributed by atoms with Crippen LogP contribution in [0, 0.1) is 11.3 Å². The van der Waals surface area contributed by atoms with E-state index in [-0.39, 0.29) is 11.9 Å². The van der Waals surface area contributed by atoms with Gasteiger partial charge in [-0.25, -0.2) is 0 Å². The predicted molar refractivity (Wildman–Crippen MR) is 58.9 cm³/mol. The molecule has 2 rings (SSSR count). The van der Waals surface area contributed by atoms with Crippen LogP contribution in [0.25, 0.3) is 0 Å². The fraction of sp³-hybridized carbons (Fsp3) is 0.833. The second kappa shape index (κ2) is 4.07. The topological polar surface area (TPSA) is 66.4 Å². The highest BCUT2D eigenvalue weighted by Gasteiger charge is 2.45. The van der Waals surface area contributed by atoms with E-state index in [9.17, 15) is 14.7 Å². The maximum absolute atomic E-state index is 11.9. The molecule has 1 unspecified atom stereocenters. The van der Waals surface area contributed by atoms with Gasteiger partial charge in [-0.15, -0.1) is 0 Å². The Hall–Kier alpha value is -1.06. The standard InChI is InChI=1S/C12H19NO3/c1-12(11(15)16,7-8-3-2-4-8)10(14)13-9-5-6-9/h8-9H,2-7H2,1H3,(H,13,14)(H,15,16). The molecule has 0 radical (unpaired) electrons. The van der Waals surface area contributed by atoms with Crippen LogP contribution in [0.2, 0.25) is 0 Å². The number of carboxylic acids is 1. The van der Waals surface area contributed by atoms with Gasteiger partial charge in [0.1, 0.15) is 5.41 Å². The van der Waals surface area contributed by atoms with Crippen LogP contribution in [0.4, 0.5) is 0 Å². The summed E-state index contributed by atoms with van der Waals surface area (Å²) in [6, 6.07) is 0.229. The van der Waals surface area contributed by atoms with Gasteiger partial charge in [0.25, 0.3) is 0 Å². The number of amides is 1. The third-order valence-corrected chi connectivity index (χ3v) is 3.81. The maximum Gasteiger partial charge on any atom is 0.318 e. The van der Waals surface area contributed by atoms with Crippen molar-refractivity contribution in [3.8, 4) is 0 Å². The van der Waals surface area contributed by atoms with Crippen LogP contribution in [0.5, 0.6) is 0 Å². The lowest BCUT2D eigenvalue weighted by molar-refractivity contribution is -0.156. The largest absolute Gasteiger partial charge is 0.480 e. The SMILES string of the molecule is CC(CC1CCC1)(C(=O)O)C(=O)NC1CC1. The van der Waals surface area contributed by atoms with Gasteiger partial charge >= 0.3 is 5.97 Å². The van der Waals surface area contributed by atoms with Crippen LogP contribution < -0.4 is 5.32 Å². The van der Waals surface area contributed by atoms with Crippen LogP contribution in [-0.4, -0.2) is 23.0 Å². The van der Waals surface area contributed by atoms with Gasteiger partial charge < -0.3 is 10.4 Å².